The van der Waals surface area contributed by atoms with E-state index in [4.69, 9.17) is 15.2 Å². The summed E-state index contributed by atoms with van der Waals surface area (Å²) in [6.07, 6.45) is 1.92. The van der Waals surface area contributed by atoms with Crippen LogP contribution in [-0.4, -0.2) is 13.2 Å². The van der Waals surface area contributed by atoms with Crippen LogP contribution >= 0.6 is 0 Å². The zero-order valence-corrected chi connectivity index (χ0v) is 14.3. The summed E-state index contributed by atoms with van der Waals surface area (Å²) >= 11 is 0. The lowest BCUT2D eigenvalue weighted by atomic mass is 10.0. The van der Waals surface area contributed by atoms with Crippen LogP contribution in [0.15, 0.2) is 42.5 Å². The van der Waals surface area contributed by atoms with Crippen molar-refractivity contribution in [3.8, 4) is 11.5 Å². The molecule has 0 saturated carbocycles. The number of anilines is 1. The number of hydrogen-bond acceptors (Lipinski definition) is 3. The highest BCUT2D eigenvalue weighted by Crippen LogP contribution is 2.20. The maximum atomic E-state index is 5.87. The first-order chi connectivity index (χ1) is 11.1. The summed E-state index contributed by atoms with van der Waals surface area (Å²) in [5, 5.41) is 0. The molecular formula is C20H27NO2. The fourth-order valence-electron chi connectivity index (χ4n) is 2.24. The second-order valence-electron chi connectivity index (χ2n) is 6.15. The number of nitrogens with two attached hydrogens (primary N) is 1. The third-order valence-corrected chi connectivity index (χ3v) is 3.87. The van der Waals surface area contributed by atoms with E-state index in [9.17, 15) is 0 Å². The van der Waals surface area contributed by atoms with Gasteiger partial charge in [0, 0.05) is 11.8 Å². The standard InChI is InChI=1S/C20H27NO2/c1-15(2)17-7-10-18(11-8-17)22-12-4-5-13-23-19-9-6-16(3)20(21)14-19/h6-11,14-15H,4-5,12-13,21H2,1-3H3. The third kappa shape index (κ3) is 5.51. The van der Waals surface area contributed by atoms with Crippen LogP contribution in [0.4, 0.5) is 5.69 Å². The van der Waals surface area contributed by atoms with Gasteiger partial charge in [-0.1, -0.05) is 32.0 Å². The lowest BCUT2D eigenvalue weighted by molar-refractivity contribution is 0.266. The Morgan fingerprint density at radius 2 is 1.43 bits per heavy atom. The van der Waals surface area contributed by atoms with E-state index in [-0.39, 0.29) is 0 Å². The highest BCUT2D eigenvalue weighted by Gasteiger charge is 2.00. The first-order valence-electron chi connectivity index (χ1n) is 8.28. The van der Waals surface area contributed by atoms with Crippen molar-refractivity contribution < 1.29 is 9.47 Å². The van der Waals surface area contributed by atoms with Gasteiger partial charge in [-0.15, -0.1) is 0 Å². The van der Waals surface area contributed by atoms with Crippen molar-refractivity contribution in [1.82, 2.24) is 0 Å². The Morgan fingerprint density at radius 1 is 0.870 bits per heavy atom. The van der Waals surface area contributed by atoms with Crippen molar-refractivity contribution in [3.63, 3.8) is 0 Å². The van der Waals surface area contributed by atoms with Gasteiger partial charge in [0.1, 0.15) is 11.5 Å². The lowest BCUT2D eigenvalue weighted by Gasteiger charge is -2.10. The third-order valence-electron chi connectivity index (χ3n) is 3.87. The maximum absolute atomic E-state index is 5.87. The van der Waals surface area contributed by atoms with Crippen molar-refractivity contribution in [3.05, 3.63) is 53.6 Å². The number of rotatable bonds is 8. The van der Waals surface area contributed by atoms with Gasteiger partial charge in [-0.2, -0.15) is 0 Å². The lowest BCUT2D eigenvalue weighted by Crippen LogP contribution is -2.03. The molecule has 0 unspecified atom stereocenters. The Hall–Kier alpha value is -2.16. The van der Waals surface area contributed by atoms with E-state index in [0.29, 0.717) is 19.1 Å². The van der Waals surface area contributed by atoms with E-state index in [1.54, 1.807) is 0 Å². The molecule has 2 aromatic rings. The Bertz CT molecular complexity index is 606. The minimum Gasteiger partial charge on any atom is -0.494 e. The van der Waals surface area contributed by atoms with Gasteiger partial charge < -0.3 is 15.2 Å². The molecule has 0 spiro atoms. The fourth-order valence-corrected chi connectivity index (χ4v) is 2.24. The van der Waals surface area contributed by atoms with E-state index in [2.05, 4.69) is 26.0 Å². The molecule has 3 heteroatoms. The maximum Gasteiger partial charge on any atom is 0.121 e. The summed E-state index contributed by atoms with van der Waals surface area (Å²) in [7, 11) is 0. The molecule has 3 nitrogen and oxygen atoms in total. The predicted octanol–water partition coefficient (Wildman–Crippen LogP) is 4.94. The van der Waals surface area contributed by atoms with E-state index in [0.717, 1.165) is 35.6 Å². The molecule has 0 saturated heterocycles. The number of aryl methyl sites for hydroxylation is 1. The van der Waals surface area contributed by atoms with Crippen LogP contribution in [0.5, 0.6) is 11.5 Å². The topological polar surface area (TPSA) is 44.5 Å². The Balaban J connectivity index is 1.63. The van der Waals surface area contributed by atoms with Gasteiger partial charge in [0.25, 0.3) is 0 Å². The monoisotopic (exact) mass is 313 g/mol. The van der Waals surface area contributed by atoms with E-state index in [1.807, 2.05) is 37.3 Å². The van der Waals surface area contributed by atoms with Crippen LogP contribution < -0.4 is 15.2 Å². The van der Waals surface area contributed by atoms with Gasteiger partial charge in [0.05, 0.1) is 13.2 Å². The van der Waals surface area contributed by atoms with E-state index >= 15 is 0 Å². The molecule has 0 heterocycles. The summed E-state index contributed by atoms with van der Waals surface area (Å²) in [6.45, 7) is 7.76. The summed E-state index contributed by atoms with van der Waals surface area (Å²) in [5.74, 6) is 2.32. The number of ether oxygens (including phenoxy) is 2. The predicted molar refractivity (Wildman–Crippen MR) is 96.3 cm³/mol. The molecule has 0 fully saturated rings. The SMILES string of the molecule is Cc1ccc(OCCCCOc2ccc(C(C)C)cc2)cc1N. The Morgan fingerprint density at radius 3 is 2.00 bits per heavy atom. The molecule has 0 radical (unpaired) electrons. The van der Waals surface area contributed by atoms with Crippen molar-refractivity contribution in [2.75, 3.05) is 18.9 Å². The fraction of sp³-hybridized carbons (Fsp3) is 0.400. The summed E-state index contributed by atoms with van der Waals surface area (Å²) in [5.41, 5.74) is 9.05. The largest absolute Gasteiger partial charge is 0.494 e. The van der Waals surface area contributed by atoms with Crippen LogP contribution in [0.25, 0.3) is 0 Å². The van der Waals surface area contributed by atoms with Gasteiger partial charge >= 0.3 is 0 Å². The number of hydrogen-bond donors (Lipinski definition) is 1. The molecule has 0 aromatic heterocycles. The zero-order valence-electron chi connectivity index (χ0n) is 14.3. The first-order valence-corrected chi connectivity index (χ1v) is 8.28. The molecule has 0 aliphatic rings. The minimum absolute atomic E-state index is 0.553. The van der Waals surface area contributed by atoms with Gasteiger partial charge in [-0.25, -0.2) is 0 Å². The molecule has 2 rings (SSSR count). The van der Waals surface area contributed by atoms with Crippen molar-refractivity contribution in [2.45, 2.75) is 39.5 Å². The molecular weight excluding hydrogens is 286 g/mol. The van der Waals surface area contributed by atoms with Crippen LogP contribution in [0.1, 0.15) is 43.7 Å². The van der Waals surface area contributed by atoms with Crippen molar-refractivity contribution in [1.29, 1.82) is 0 Å². The van der Waals surface area contributed by atoms with E-state index < -0.39 is 0 Å². The number of unbranched alkanes of at least 4 members (excludes halogenated alkanes) is 1. The van der Waals surface area contributed by atoms with Crippen molar-refractivity contribution >= 4 is 5.69 Å². The Labute approximate surface area is 139 Å². The molecule has 0 bridgehead atoms. The van der Waals surface area contributed by atoms with Crippen LogP contribution in [0.3, 0.4) is 0 Å². The van der Waals surface area contributed by atoms with Gasteiger partial charge in [-0.05, 0) is 55.0 Å². The molecule has 2 N–H and O–H groups in total. The molecule has 124 valence electrons. The number of nitrogen functional groups attached to an aromatic ring is 1. The highest BCUT2D eigenvalue weighted by atomic mass is 16.5. The summed E-state index contributed by atoms with van der Waals surface area (Å²) < 4.78 is 11.5. The molecule has 23 heavy (non-hydrogen) atoms. The number of benzene rings is 2. The first kappa shape index (κ1) is 17.2. The molecule has 0 aliphatic carbocycles. The smallest absolute Gasteiger partial charge is 0.121 e. The van der Waals surface area contributed by atoms with Crippen LogP contribution in [-0.2, 0) is 0 Å². The summed E-state index contributed by atoms with van der Waals surface area (Å²) in [6, 6.07) is 14.2. The van der Waals surface area contributed by atoms with E-state index in [1.165, 1.54) is 5.56 Å². The molecule has 0 atom stereocenters. The minimum atomic E-state index is 0.553. The molecule has 2 aromatic carbocycles. The highest BCUT2D eigenvalue weighted by molar-refractivity contribution is 5.50. The van der Waals surface area contributed by atoms with Crippen molar-refractivity contribution in [2.24, 2.45) is 0 Å². The Kier molecular flexibility index (Phi) is 6.33. The normalized spacial score (nSPS) is 10.8. The molecule has 0 amide bonds. The molecule has 0 aliphatic heterocycles. The second kappa shape index (κ2) is 8.47. The van der Waals surface area contributed by atoms with Crippen LogP contribution in [0.2, 0.25) is 0 Å². The zero-order chi connectivity index (χ0) is 16.7. The second-order valence-corrected chi connectivity index (χ2v) is 6.15. The summed E-state index contributed by atoms with van der Waals surface area (Å²) in [4.78, 5) is 0. The van der Waals surface area contributed by atoms with Crippen LogP contribution in [0, 0.1) is 6.92 Å². The average Bonchev–Trinajstić information content (AvgIpc) is 2.54. The average molecular weight is 313 g/mol. The van der Waals surface area contributed by atoms with Gasteiger partial charge in [0.15, 0.2) is 0 Å². The van der Waals surface area contributed by atoms with Gasteiger partial charge in [0.2, 0.25) is 0 Å². The van der Waals surface area contributed by atoms with Gasteiger partial charge in [-0.3, -0.25) is 0 Å². The quantitative estimate of drug-likeness (QED) is 0.554.